The zero-order valence-electron chi connectivity index (χ0n) is 17.5. The van der Waals surface area contributed by atoms with Gasteiger partial charge in [-0.15, -0.1) is 0 Å². The van der Waals surface area contributed by atoms with Crippen molar-refractivity contribution in [1.29, 1.82) is 0 Å². The zero-order valence-corrected chi connectivity index (χ0v) is 17.5. The third kappa shape index (κ3) is 4.31. The van der Waals surface area contributed by atoms with E-state index in [2.05, 4.69) is 21.3 Å². The minimum atomic E-state index is 0.554. The first-order chi connectivity index (χ1) is 14.7. The molecule has 0 radical (unpaired) electrons. The predicted molar refractivity (Wildman–Crippen MR) is 116 cm³/mol. The molecule has 2 aromatic carbocycles. The summed E-state index contributed by atoms with van der Waals surface area (Å²) in [6.45, 7) is 2.59. The summed E-state index contributed by atoms with van der Waals surface area (Å²) in [5.74, 6) is 2.92. The molecule has 156 valence electrons. The van der Waals surface area contributed by atoms with Crippen LogP contribution < -0.4 is 19.5 Å². The van der Waals surface area contributed by atoms with Gasteiger partial charge in [-0.25, -0.2) is 9.97 Å². The van der Waals surface area contributed by atoms with Crippen molar-refractivity contribution in [3.8, 4) is 17.2 Å². The fourth-order valence-electron chi connectivity index (χ4n) is 3.68. The molecule has 0 bridgehead atoms. The summed E-state index contributed by atoms with van der Waals surface area (Å²) < 4.78 is 16.2. The van der Waals surface area contributed by atoms with Crippen LogP contribution in [0.2, 0.25) is 0 Å². The first kappa shape index (κ1) is 20.0. The molecule has 0 fully saturated rings. The Kier molecular flexibility index (Phi) is 5.99. The third-order valence-corrected chi connectivity index (χ3v) is 5.25. The number of fused-ring (bicyclic) bond motifs is 1. The maximum atomic E-state index is 5.49. The SMILES string of the molecule is COc1ccc(OC)c(Nc2ncc3c(n2)CCN(Cc2ccccc2OC)C3)c1. The Bertz CT molecular complexity index is 1030. The van der Waals surface area contributed by atoms with Gasteiger partial charge in [0.05, 0.1) is 32.7 Å². The van der Waals surface area contributed by atoms with Gasteiger partial charge in [-0.05, 0) is 18.2 Å². The lowest BCUT2D eigenvalue weighted by atomic mass is 10.1. The van der Waals surface area contributed by atoms with Crippen LogP contribution in [0.4, 0.5) is 11.6 Å². The predicted octanol–water partition coefficient (Wildman–Crippen LogP) is 3.80. The molecular formula is C23H26N4O3. The standard InChI is InChI=1S/C23H26N4O3/c1-28-18-8-9-22(30-3)20(12-18)26-23-24-13-17-15-27(11-10-19(17)25-23)14-16-6-4-5-7-21(16)29-2/h4-9,12-13H,10-11,14-15H2,1-3H3,(H,24,25,26). The number of hydrogen-bond acceptors (Lipinski definition) is 7. The summed E-state index contributed by atoms with van der Waals surface area (Å²) >= 11 is 0. The Morgan fingerprint density at radius 2 is 1.83 bits per heavy atom. The number of aromatic nitrogens is 2. The summed E-state index contributed by atoms with van der Waals surface area (Å²) in [5.41, 5.74) is 4.18. The number of ether oxygens (including phenoxy) is 3. The molecule has 3 aromatic rings. The molecule has 0 saturated carbocycles. The number of methoxy groups -OCH3 is 3. The highest BCUT2D eigenvalue weighted by atomic mass is 16.5. The molecule has 1 N–H and O–H groups in total. The number of para-hydroxylation sites is 1. The lowest BCUT2D eigenvalue weighted by molar-refractivity contribution is 0.239. The van der Waals surface area contributed by atoms with E-state index < -0.39 is 0 Å². The van der Waals surface area contributed by atoms with Gasteiger partial charge in [0.25, 0.3) is 0 Å². The molecule has 1 aliphatic heterocycles. The summed E-state index contributed by atoms with van der Waals surface area (Å²) in [6, 6.07) is 13.7. The van der Waals surface area contributed by atoms with Gasteiger partial charge in [0.15, 0.2) is 0 Å². The van der Waals surface area contributed by atoms with Crippen LogP contribution >= 0.6 is 0 Å². The molecule has 0 atom stereocenters. The van der Waals surface area contributed by atoms with Gasteiger partial charge in [0.1, 0.15) is 17.2 Å². The molecule has 7 heteroatoms. The van der Waals surface area contributed by atoms with Crippen LogP contribution in [0.5, 0.6) is 17.2 Å². The van der Waals surface area contributed by atoms with Gasteiger partial charge >= 0.3 is 0 Å². The third-order valence-electron chi connectivity index (χ3n) is 5.25. The zero-order chi connectivity index (χ0) is 20.9. The summed E-state index contributed by atoms with van der Waals surface area (Å²) in [7, 11) is 4.98. The van der Waals surface area contributed by atoms with E-state index in [-0.39, 0.29) is 0 Å². The van der Waals surface area contributed by atoms with Crippen molar-refractivity contribution in [2.75, 3.05) is 33.2 Å². The lowest BCUT2D eigenvalue weighted by Gasteiger charge is -2.28. The molecule has 1 aromatic heterocycles. The molecule has 0 saturated heterocycles. The Hall–Kier alpha value is -3.32. The van der Waals surface area contributed by atoms with Gasteiger partial charge in [0, 0.05) is 49.4 Å². The highest BCUT2D eigenvalue weighted by Crippen LogP contribution is 2.31. The minimum Gasteiger partial charge on any atom is -0.497 e. The Morgan fingerprint density at radius 3 is 2.63 bits per heavy atom. The van der Waals surface area contributed by atoms with Crippen molar-refractivity contribution >= 4 is 11.6 Å². The molecular weight excluding hydrogens is 380 g/mol. The van der Waals surface area contributed by atoms with E-state index in [0.717, 1.165) is 54.5 Å². The van der Waals surface area contributed by atoms with E-state index in [4.69, 9.17) is 19.2 Å². The first-order valence-electron chi connectivity index (χ1n) is 9.88. The second kappa shape index (κ2) is 9.00. The number of rotatable bonds is 7. The van der Waals surface area contributed by atoms with E-state index in [1.807, 2.05) is 42.6 Å². The molecule has 2 heterocycles. The highest BCUT2D eigenvalue weighted by molar-refractivity contribution is 5.65. The second-order valence-electron chi connectivity index (χ2n) is 7.13. The molecule has 1 aliphatic rings. The Labute approximate surface area is 176 Å². The highest BCUT2D eigenvalue weighted by Gasteiger charge is 2.20. The molecule has 0 unspecified atom stereocenters. The first-order valence-corrected chi connectivity index (χ1v) is 9.88. The normalized spacial score (nSPS) is 13.4. The van der Waals surface area contributed by atoms with E-state index in [1.165, 1.54) is 5.56 Å². The van der Waals surface area contributed by atoms with Crippen LogP contribution in [-0.4, -0.2) is 42.7 Å². The largest absolute Gasteiger partial charge is 0.497 e. The van der Waals surface area contributed by atoms with Crippen LogP contribution in [0.1, 0.15) is 16.8 Å². The molecule has 0 aliphatic carbocycles. The number of nitrogens with zero attached hydrogens (tertiary/aromatic N) is 3. The second-order valence-corrected chi connectivity index (χ2v) is 7.13. The average Bonchev–Trinajstić information content (AvgIpc) is 2.79. The number of benzene rings is 2. The van der Waals surface area contributed by atoms with Gasteiger partial charge < -0.3 is 19.5 Å². The maximum Gasteiger partial charge on any atom is 0.227 e. The van der Waals surface area contributed by atoms with Crippen molar-refractivity contribution in [1.82, 2.24) is 14.9 Å². The van der Waals surface area contributed by atoms with E-state index in [0.29, 0.717) is 11.7 Å². The van der Waals surface area contributed by atoms with Gasteiger partial charge in [-0.2, -0.15) is 0 Å². The van der Waals surface area contributed by atoms with Crippen LogP contribution in [0.3, 0.4) is 0 Å². The monoisotopic (exact) mass is 406 g/mol. The Morgan fingerprint density at radius 1 is 1.00 bits per heavy atom. The molecule has 30 heavy (non-hydrogen) atoms. The maximum absolute atomic E-state index is 5.49. The van der Waals surface area contributed by atoms with Crippen molar-refractivity contribution < 1.29 is 14.2 Å². The number of anilines is 2. The minimum absolute atomic E-state index is 0.554. The fourth-order valence-corrected chi connectivity index (χ4v) is 3.68. The molecule has 0 amide bonds. The van der Waals surface area contributed by atoms with Crippen LogP contribution in [-0.2, 0) is 19.5 Å². The summed E-state index contributed by atoms with van der Waals surface area (Å²) in [5, 5.41) is 3.26. The van der Waals surface area contributed by atoms with E-state index in [1.54, 1.807) is 21.3 Å². The van der Waals surface area contributed by atoms with Gasteiger partial charge in [-0.1, -0.05) is 18.2 Å². The number of hydrogen-bond donors (Lipinski definition) is 1. The quantitative estimate of drug-likeness (QED) is 0.640. The average molecular weight is 406 g/mol. The summed E-state index contributed by atoms with van der Waals surface area (Å²) in [6.07, 6.45) is 2.78. The number of nitrogens with one attached hydrogen (secondary N) is 1. The van der Waals surface area contributed by atoms with Gasteiger partial charge in [0.2, 0.25) is 5.95 Å². The van der Waals surface area contributed by atoms with Gasteiger partial charge in [-0.3, -0.25) is 4.90 Å². The molecule has 0 spiro atoms. The van der Waals surface area contributed by atoms with Crippen LogP contribution in [0, 0.1) is 0 Å². The topological polar surface area (TPSA) is 68.7 Å². The smallest absolute Gasteiger partial charge is 0.227 e. The van der Waals surface area contributed by atoms with E-state index >= 15 is 0 Å². The van der Waals surface area contributed by atoms with Crippen molar-refractivity contribution in [3.05, 3.63) is 65.5 Å². The molecule has 7 nitrogen and oxygen atoms in total. The van der Waals surface area contributed by atoms with Crippen molar-refractivity contribution in [2.24, 2.45) is 0 Å². The van der Waals surface area contributed by atoms with Crippen LogP contribution in [0.25, 0.3) is 0 Å². The summed E-state index contributed by atoms with van der Waals surface area (Å²) in [4.78, 5) is 11.7. The lowest BCUT2D eigenvalue weighted by Crippen LogP contribution is -2.31. The van der Waals surface area contributed by atoms with E-state index in [9.17, 15) is 0 Å². The van der Waals surface area contributed by atoms with Crippen molar-refractivity contribution in [3.63, 3.8) is 0 Å². The molecule has 4 rings (SSSR count). The van der Waals surface area contributed by atoms with Crippen LogP contribution in [0.15, 0.2) is 48.7 Å². The Balaban J connectivity index is 1.48. The van der Waals surface area contributed by atoms with Crippen molar-refractivity contribution in [2.45, 2.75) is 19.5 Å². The fraction of sp³-hybridized carbons (Fsp3) is 0.304.